The van der Waals surface area contributed by atoms with Gasteiger partial charge in [-0.3, -0.25) is 14.4 Å². The molecule has 0 fully saturated rings. The second kappa shape index (κ2) is 52.8. The Morgan fingerprint density at radius 1 is 0.302 bits per heavy atom. The number of rotatable bonds is 52. The zero-order valence-electron chi connectivity index (χ0n) is 42.6. The van der Waals surface area contributed by atoms with Crippen LogP contribution in [0, 0.1) is 0 Å². The van der Waals surface area contributed by atoms with E-state index >= 15 is 0 Å². The molecule has 0 saturated heterocycles. The molecule has 0 amide bonds. The van der Waals surface area contributed by atoms with Crippen LogP contribution in [0.1, 0.15) is 316 Å². The lowest BCUT2D eigenvalue weighted by atomic mass is 10.0. The second-order valence-corrected chi connectivity index (χ2v) is 19.2. The molecule has 0 aliphatic rings. The molecule has 372 valence electrons. The van der Waals surface area contributed by atoms with Crippen molar-refractivity contribution >= 4 is 17.9 Å². The Labute approximate surface area is 392 Å². The molecular formula is C57H108O6. The standard InChI is InChI=1S/C57H108O6/c1-4-7-10-13-16-19-21-23-25-27-28-30-31-33-35-38-41-44-47-50-56(59)62-53-54(52-61-55(58)49-46-43-40-37-18-15-12-9-6-3)63-57(60)51-48-45-42-39-36-34-32-29-26-24-22-20-17-14-11-8-5-2/h23,25,54H,4-22,24,26-53H2,1-3H3/b25-23-. The van der Waals surface area contributed by atoms with E-state index in [1.54, 1.807) is 0 Å². The maximum Gasteiger partial charge on any atom is 0.306 e. The van der Waals surface area contributed by atoms with Gasteiger partial charge in [-0.25, -0.2) is 0 Å². The molecule has 0 radical (unpaired) electrons. The van der Waals surface area contributed by atoms with Crippen molar-refractivity contribution in [1.82, 2.24) is 0 Å². The Morgan fingerprint density at radius 3 is 0.794 bits per heavy atom. The van der Waals surface area contributed by atoms with Crippen LogP contribution in [-0.4, -0.2) is 37.2 Å². The van der Waals surface area contributed by atoms with Gasteiger partial charge in [0.15, 0.2) is 6.10 Å². The van der Waals surface area contributed by atoms with E-state index in [4.69, 9.17) is 14.2 Å². The van der Waals surface area contributed by atoms with Gasteiger partial charge >= 0.3 is 17.9 Å². The molecule has 6 heteroatoms. The van der Waals surface area contributed by atoms with E-state index in [9.17, 15) is 14.4 Å². The highest BCUT2D eigenvalue weighted by atomic mass is 16.6. The van der Waals surface area contributed by atoms with Gasteiger partial charge in [-0.15, -0.1) is 0 Å². The summed E-state index contributed by atoms with van der Waals surface area (Å²) in [5.74, 6) is -0.849. The maximum atomic E-state index is 12.8. The SMILES string of the molecule is CCCCCCCC/C=C\CCCCCCCCCCCC(=O)OCC(COC(=O)CCCCCCCCCCC)OC(=O)CCCCCCCCCCCCCCCCCCC. The van der Waals surface area contributed by atoms with E-state index in [0.717, 1.165) is 57.8 Å². The van der Waals surface area contributed by atoms with E-state index in [2.05, 4.69) is 32.9 Å². The Bertz CT molecular complexity index is 978. The van der Waals surface area contributed by atoms with Crippen LogP contribution in [0.25, 0.3) is 0 Å². The molecule has 0 aromatic heterocycles. The van der Waals surface area contributed by atoms with Gasteiger partial charge in [-0.05, 0) is 44.9 Å². The minimum atomic E-state index is -0.763. The Hall–Kier alpha value is -1.85. The second-order valence-electron chi connectivity index (χ2n) is 19.2. The Balaban J connectivity index is 4.23. The van der Waals surface area contributed by atoms with Crippen molar-refractivity contribution in [2.45, 2.75) is 322 Å². The first-order valence-corrected chi connectivity index (χ1v) is 28.2. The fourth-order valence-corrected chi connectivity index (χ4v) is 8.50. The first-order chi connectivity index (χ1) is 31.0. The number of hydrogen-bond acceptors (Lipinski definition) is 6. The van der Waals surface area contributed by atoms with Crippen molar-refractivity contribution in [2.24, 2.45) is 0 Å². The van der Waals surface area contributed by atoms with E-state index in [0.29, 0.717) is 19.3 Å². The van der Waals surface area contributed by atoms with Gasteiger partial charge in [0, 0.05) is 19.3 Å². The van der Waals surface area contributed by atoms with Gasteiger partial charge in [-0.2, -0.15) is 0 Å². The summed E-state index contributed by atoms with van der Waals surface area (Å²) in [6.07, 6.45) is 59.2. The third-order valence-electron chi connectivity index (χ3n) is 12.8. The number of unbranched alkanes of at least 4 members (excludes halogenated alkanes) is 39. The van der Waals surface area contributed by atoms with Crippen LogP contribution < -0.4 is 0 Å². The molecule has 1 unspecified atom stereocenters. The summed E-state index contributed by atoms with van der Waals surface area (Å²) in [6.45, 7) is 6.66. The van der Waals surface area contributed by atoms with Crippen molar-refractivity contribution < 1.29 is 28.6 Å². The lowest BCUT2D eigenvalue weighted by Crippen LogP contribution is -2.30. The molecule has 0 heterocycles. The molecule has 0 rings (SSSR count). The normalized spacial score (nSPS) is 12.0. The van der Waals surface area contributed by atoms with Crippen LogP contribution in [0.2, 0.25) is 0 Å². The predicted molar refractivity (Wildman–Crippen MR) is 270 cm³/mol. The Kier molecular flexibility index (Phi) is 51.2. The third-order valence-corrected chi connectivity index (χ3v) is 12.8. The molecular weight excluding hydrogens is 781 g/mol. The number of carbonyl (C=O) groups excluding carboxylic acids is 3. The fraction of sp³-hybridized carbons (Fsp3) is 0.912. The lowest BCUT2D eigenvalue weighted by Gasteiger charge is -2.18. The highest BCUT2D eigenvalue weighted by Crippen LogP contribution is 2.17. The summed E-state index contributed by atoms with van der Waals surface area (Å²) >= 11 is 0. The lowest BCUT2D eigenvalue weighted by molar-refractivity contribution is -0.167. The number of esters is 3. The van der Waals surface area contributed by atoms with Crippen molar-refractivity contribution in [2.75, 3.05) is 13.2 Å². The van der Waals surface area contributed by atoms with Crippen LogP contribution in [0.5, 0.6) is 0 Å². The zero-order chi connectivity index (χ0) is 45.8. The van der Waals surface area contributed by atoms with E-state index < -0.39 is 6.10 Å². The van der Waals surface area contributed by atoms with Crippen molar-refractivity contribution in [3.8, 4) is 0 Å². The molecule has 63 heavy (non-hydrogen) atoms. The van der Waals surface area contributed by atoms with Crippen LogP contribution in [0.3, 0.4) is 0 Å². The molecule has 0 saturated carbocycles. The topological polar surface area (TPSA) is 78.9 Å². The number of carbonyl (C=O) groups is 3. The minimum Gasteiger partial charge on any atom is -0.462 e. The van der Waals surface area contributed by atoms with Crippen molar-refractivity contribution in [3.63, 3.8) is 0 Å². The molecule has 0 bridgehead atoms. The quantitative estimate of drug-likeness (QED) is 0.0262. The number of allylic oxidation sites excluding steroid dienone is 2. The molecule has 0 aromatic carbocycles. The number of hydrogen-bond donors (Lipinski definition) is 0. The molecule has 1 atom stereocenters. The summed E-state index contributed by atoms with van der Waals surface area (Å²) in [5, 5.41) is 0. The largest absolute Gasteiger partial charge is 0.462 e. The first-order valence-electron chi connectivity index (χ1n) is 28.2. The van der Waals surface area contributed by atoms with Gasteiger partial charge in [-0.1, -0.05) is 264 Å². The average Bonchev–Trinajstić information content (AvgIpc) is 3.28. The third kappa shape index (κ3) is 51.0. The fourth-order valence-electron chi connectivity index (χ4n) is 8.50. The van der Waals surface area contributed by atoms with E-state index in [1.165, 1.54) is 218 Å². The molecule has 0 aromatic rings. The summed E-state index contributed by atoms with van der Waals surface area (Å²) in [4.78, 5) is 38.0. The van der Waals surface area contributed by atoms with Gasteiger partial charge in [0.2, 0.25) is 0 Å². The molecule has 0 aliphatic heterocycles. The smallest absolute Gasteiger partial charge is 0.306 e. The molecule has 0 N–H and O–H groups in total. The first kappa shape index (κ1) is 61.1. The van der Waals surface area contributed by atoms with Crippen LogP contribution in [0.15, 0.2) is 12.2 Å². The zero-order valence-corrected chi connectivity index (χ0v) is 42.6. The van der Waals surface area contributed by atoms with Crippen molar-refractivity contribution in [1.29, 1.82) is 0 Å². The highest BCUT2D eigenvalue weighted by molar-refractivity contribution is 5.71. The molecule has 0 aliphatic carbocycles. The van der Waals surface area contributed by atoms with Gasteiger partial charge in [0.1, 0.15) is 13.2 Å². The van der Waals surface area contributed by atoms with E-state index in [-0.39, 0.29) is 31.1 Å². The van der Waals surface area contributed by atoms with E-state index in [1.807, 2.05) is 0 Å². The summed E-state index contributed by atoms with van der Waals surface area (Å²) < 4.78 is 16.8. The van der Waals surface area contributed by atoms with Crippen LogP contribution in [-0.2, 0) is 28.6 Å². The van der Waals surface area contributed by atoms with Crippen LogP contribution >= 0.6 is 0 Å². The van der Waals surface area contributed by atoms with Crippen molar-refractivity contribution in [3.05, 3.63) is 12.2 Å². The highest BCUT2D eigenvalue weighted by Gasteiger charge is 2.19. The predicted octanol–water partition coefficient (Wildman–Crippen LogP) is 18.5. The summed E-state index contributed by atoms with van der Waals surface area (Å²) in [6, 6.07) is 0. The molecule has 0 spiro atoms. The summed E-state index contributed by atoms with van der Waals surface area (Å²) in [5.41, 5.74) is 0. The van der Waals surface area contributed by atoms with Gasteiger partial charge in [0.05, 0.1) is 0 Å². The maximum absolute atomic E-state index is 12.8. The minimum absolute atomic E-state index is 0.0652. The average molecular weight is 889 g/mol. The van der Waals surface area contributed by atoms with Gasteiger partial charge < -0.3 is 14.2 Å². The number of ether oxygens (including phenoxy) is 3. The summed E-state index contributed by atoms with van der Waals surface area (Å²) in [7, 11) is 0. The molecule has 6 nitrogen and oxygen atoms in total. The van der Waals surface area contributed by atoms with Crippen LogP contribution in [0.4, 0.5) is 0 Å². The monoisotopic (exact) mass is 889 g/mol. The van der Waals surface area contributed by atoms with Gasteiger partial charge in [0.25, 0.3) is 0 Å². The Morgan fingerprint density at radius 2 is 0.524 bits per heavy atom.